The first-order chi connectivity index (χ1) is 7.56. The van der Waals surface area contributed by atoms with Crippen LogP contribution in [0.1, 0.15) is 10.4 Å². The van der Waals surface area contributed by atoms with Gasteiger partial charge in [0.1, 0.15) is 5.56 Å². The minimum atomic E-state index is -0.740. The highest BCUT2D eigenvalue weighted by Gasteiger charge is 2.23. The van der Waals surface area contributed by atoms with Gasteiger partial charge in [-0.3, -0.25) is 0 Å². The van der Waals surface area contributed by atoms with Gasteiger partial charge in [-0.2, -0.15) is 0 Å². The Morgan fingerprint density at radius 1 is 1.31 bits per heavy atom. The summed E-state index contributed by atoms with van der Waals surface area (Å²) in [6.07, 6.45) is 0. The lowest BCUT2D eigenvalue weighted by Crippen LogP contribution is -2.07. The standard InChI is InChI=1S/C10H13NO5/c1-14-6-4-5(11)7(10(13)16-3)8(12)9(6)15-2/h4,12H,11H2,1-3H3. The van der Waals surface area contributed by atoms with Crippen molar-refractivity contribution in [3.8, 4) is 17.2 Å². The molecule has 6 nitrogen and oxygen atoms in total. The molecule has 0 aromatic heterocycles. The van der Waals surface area contributed by atoms with Gasteiger partial charge in [-0.1, -0.05) is 0 Å². The van der Waals surface area contributed by atoms with Crippen molar-refractivity contribution < 1.29 is 24.1 Å². The summed E-state index contributed by atoms with van der Waals surface area (Å²) in [7, 11) is 3.93. The molecule has 3 N–H and O–H groups in total. The third-order valence-electron chi connectivity index (χ3n) is 2.06. The van der Waals surface area contributed by atoms with Gasteiger partial charge >= 0.3 is 5.97 Å². The van der Waals surface area contributed by atoms with Gasteiger partial charge in [0.15, 0.2) is 11.5 Å². The number of phenols is 1. The first-order valence-corrected chi connectivity index (χ1v) is 4.38. The Morgan fingerprint density at radius 2 is 1.94 bits per heavy atom. The van der Waals surface area contributed by atoms with Crippen molar-refractivity contribution in [3.63, 3.8) is 0 Å². The van der Waals surface area contributed by atoms with Gasteiger partial charge in [-0.25, -0.2) is 4.79 Å². The van der Waals surface area contributed by atoms with E-state index < -0.39 is 11.7 Å². The number of hydrogen-bond acceptors (Lipinski definition) is 6. The number of nitrogen functional groups attached to an aromatic ring is 1. The molecule has 0 bridgehead atoms. The van der Waals surface area contributed by atoms with E-state index >= 15 is 0 Å². The average Bonchev–Trinajstić information content (AvgIpc) is 2.27. The van der Waals surface area contributed by atoms with E-state index in [4.69, 9.17) is 15.2 Å². The zero-order valence-electron chi connectivity index (χ0n) is 9.23. The fraction of sp³-hybridized carbons (Fsp3) is 0.300. The Hall–Kier alpha value is -2.11. The molecule has 0 aliphatic heterocycles. The zero-order valence-corrected chi connectivity index (χ0v) is 9.23. The Labute approximate surface area is 92.5 Å². The number of anilines is 1. The topological polar surface area (TPSA) is 91.0 Å². The Morgan fingerprint density at radius 3 is 2.38 bits per heavy atom. The van der Waals surface area contributed by atoms with E-state index in [9.17, 15) is 9.90 Å². The van der Waals surface area contributed by atoms with Crippen molar-refractivity contribution in [2.24, 2.45) is 0 Å². The highest BCUT2D eigenvalue weighted by atomic mass is 16.5. The molecule has 0 amide bonds. The van der Waals surface area contributed by atoms with Crippen molar-refractivity contribution in [2.75, 3.05) is 27.1 Å². The minimum Gasteiger partial charge on any atom is -0.504 e. The van der Waals surface area contributed by atoms with E-state index in [1.807, 2.05) is 0 Å². The molecule has 0 aliphatic carbocycles. The highest BCUT2D eigenvalue weighted by Crippen LogP contribution is 2.42. The van der Waals surface area contributed by atoms with Crippen molar-refractivity contribution in [1.82, 2.24) is 0 Å². The molecule has 88 valence electrons. The first kappa shape index (κ1) is 12.0. The molecule has 0 heterocycles. The van der Waals surface area contributed by atoms with Gasteiger partial charge in [0.25, 0.3) is 0 Å². The van der Waals surface area contributed by atoms with Crippen LogP contribution in [0.2, 0.25) is 0 Å². The maximum Gasteiger partial charge on any atom is 0.343 e. The number of carbonyl (C=O) groups excluding carboxylic acids is 1. The fourth-order valence-electron chi connectivity index (χ4n) is 1.31. The second kappa shape index (κ2) is 4.61. The highest BCUT2D eigenvalue weighted by molar-refractivity contribution is 5.99. The Balaban J connectivity index is 3.46. The molecule has 0 spiro atoms. The number of rotatable bonds is 3. The SMILES string of the molecule is COC(=O)c1c(N)cc(OC)c(OC)c1O. The van der Waals surface area contributed by atoms with Crippen LogP contribution in [0.5, 0.6) is 17.2 Å². The molecule has 16 heavy (non-hydrogen) atoms. The number of esters is 1. The lowest BCUT2D eigenvalue weighted by molar-refractivity contribution is 0.0598. The van der Waals surface area contributed by atoms with E-state index in [1.54, 1.807) is 0 Å². The number of hydrogen-bond donors (Lipinski definition) is 2. The molecule has 0 radical (unpaired) electrons. The number of methoxy groups -OCH3 is 3. The zero-order chi connectivity index (χ0) is 12.3. The number of aromatic hydroxyl groups is 1. The van der Waals surface area contributed by atoms with Crippen molar-refractivity contribution >= 4 is 11.7 Å². The summed E-state index contributed by atoms with van der Waals surface area (Å²) < 4.78 is 14.4. The van der Waals surface area contributed by atoms with Gasteiger partial charge < -0.3 is 25.1 Å². The van der Waals surface area contributed by atoms with E-state index in [2.05, 4.69) is 4.74 Å². The van der Waals surface area contributed by atoms with Crippen LogP contribution in [-0.2, 0) is 4.74 Å². The predicted molar refractivity (Wildman–Crippen MR) is 57.0 cm³/mol. The number of ether oxygens (including phenoxy) is 3. The van der Waals surface area contributed by atoms with Crippen molar-refractivity contribution in [1.29, 1.82) is 0 Å². The van der Waals surface area contributed by atoms with Crippen LogP contribution in [-0.4, -0.2) is 32.4 Å². The van der Waals surface area contributed by atoms with Crippen LogP contribution < -0.4 is 15.2 Å². The summed E-state index contributed by atoms with van der Waals surface area (Å²) in [5, 5.41) is 9.80. The first-order valence-electron chi connectivity index (χ1n) is 4.38. The molecule has 1 aromatic rings. The monoisotopic (exact) mass is 227 g/mol. The fourth-order valence-corrected chi connectivity index (χ4v) is 1.31. The maximum atomic E-state index is 11.4. The van der Waals surface area contributed by atoms with Crippen LogP contribution >= 0.6 is 0 Å². The summed E-state index contributed by atoms with van der Waals surface area (Å²) in [4.78, 5) is 11.4. The molecular formula is C10H13NO5. The summed E-state index contributed by atoms with van der Waals surface area (Å²) >= 11 is 0. The van der Waals surface area contributed by atoms with Crippen LogP contribution in [0.3, 0.4) is 0 Å². The number of phenolic OH excluding ortho intramolecular Hbond substituents is 1. The minimum absolute atomic E-state index is 0.0390. The second-order valence-electron chi connectivity index (χ2n) is 2.92. The molecule has 6 heteroatoms. The largest absolute Gasteiger partial charge is 0.504 e. The number of benzene rings is 1. The Kier molecular flexibility index (Phi) is 3.44. The third-order valence-corrected chi connectivity index (χ3v) is 2.06. The third kappa shape index (κ3) is 1.81. The number of carbonyl (C=O) groups is 1. The van der Waals surface area contributed by atoms with E-state index in [0.29, 0.717) is 0 Å². The summed E-state index contributed by atoms with van der Waals surface area (Å²) in [5.74, 6) is -0.857. The van der Waals surface area contributed by atoms with Crippen LogP contribution in [0.25, 0.3) is 0 Å². The molecule has 0 unspecified atom stereocenters. The normalized spacial score (nSPS) is 9.69. The van der Waals surface area contributed by atoms with Gasteiger partial charge in [-0.15, -0.1) is 0 Å². The quantitative estimate of drug-likeness (QED) is 0.585. The summed E-state index contributed by atoms with van der Waals surface area (Å²) in [6.45, 7) is 0. The lowest BCUT2D eigenvalue weighted by Gasteiger charge is -2.13. The molecule has 0 saturated carbocycles. The van der Waals surface area contributed by atoms with Gasteiger partial charge in [0.05, 0.1) is 27.0 Å². The number of nitrogens with two attached hydrogens (primary N) is 1. The molecule has 1 aromatic carbocycles. The van der Waals surface area contributed by atoms with E-state index in [-0.39, 0.29) is 22.7 Å². The predicted octanol–water partition coefficient (Wildman–Crippen LogP) is 0.778. The average molecular weight is 227 g/mol. The van der Waals surface area contributed by atoms with Crippen LogP contribution in [0, 0.1) is 0 Å². The van der Waals surface area contributed by atoms with Crippen molar-refractivity contribution in [3.05, 3.63) is 11.6 Å². The molecule has 0 aliphatic rings. The molecule has 0 fully saturated rings. The summed E-state index contributed by atoms with van der Waals surface area (Å²) in [5.41, 5.74) is 5.52. The lowest BCUT2D eigenvalue weighted by atomic mass is 10.1. The van der Waals surface area contributed by atoms with Gasteiger partial charge in [0, 0.05) is 6.07 Å². The van der Waals surface area contributed by atoms with Gasteiger partial charge in [0.2, 0.25) is 5.75 Å². The van der Waals surface area contributed by atoms with E-state index in [0.717, 1.165) is 0 Å². The van der Waals surface area contributed by atoms with Crippen LogP contribution in [0.15, 0.2) is 6.07 Å². The molecule has 0 atom stereocenters. The molecular weight excluding hydrogens is 214 g/mol. The summed E-state index contributed by atoms with van der Waals surface area (Å²) in [6, 6.07) is 1.38. The maximum absolute atomic E-state index is 11.4. The van der Waals surface area contributed by atoms with E-state index in [1.165, 1.54) is 27.4 Å². The van der Waals surface area contributed by atoms with Gasteiger partial charge in [-0.05, 0) is 0 Å². The van der Waals surface area contributed by atoms with Crippen LogP contribution in [0.4, 0.5) is 5.69 Å². The second-order valence-corrected chi connectivity index (χ2v) is 2.92. The molecule has 1 rings (SSSR count). The smallest absolute Gasteiger partial charge is 0.343 e. The Bertz CT molecular complexity index is 416. The molecule has 0 saturated heterocycles. The van der Waals surface area contributed by atoms with Crippen molar-refractivity contribution in [2.45, 2.75) is 0 Å².